The Morgan fingerprint density at radius 1 is 1.03 bits per heavy atom. The first-order valence-corrected chi connectivity index (χ1v) is 12.7. The number of likely N-dealkylation sites (tertiary alicyclic amines) is 1. The number of aryl methyl sites for hydroxylation is 1. The summed E-state index contributed by atoms with van der Waals surface area (Å²) in [4.78, 5) is 16.4. The number of amides is 1. The van der Waals surface area contributed by atoms with Crippen molar-refractivity contribution in [3.05, 3.63) is 78.0 Å². The third-order valence-corrected chi connectivity index (χ3v) is 7.40. The second-order valence-corrected chi connectivity index (χ2v) is 10.1. The molecule has 5 rings (SSSR count). The molecular weight excluding hydrogens is 450 g/mol. The van der Waals surface area contributed by atoms with Crippen molar-refractivity contribution in [1.82, 2.24) is 14.4 Å². The van der Waals surface area contributed by atoms with Gasteiger partial charge in [0.05, 0.1) is 5.52 Å². The molecular formula is C30H35N3O3. The lowest BCUT2D eigenvalue weighted by atomic mass is 9.88. The molecule has 36 heavy (non-hydrogen) atoms. The van der Waals surface area contributed by atoms with E-state index in [4.69, 9.17) is 4.74 Å². The van der Waals surface area contributed by atoms with Crippen LogP contribution in [0.5, 0.6) is 5.75 Å². The van der Waals surface area contributed by atoms with Crippen LogP contribution in [0.1, 0.15) is 34.8 Å². The highest BCUT2D eigenvalue weighted by Crippen LogP contribution is 2.31. The third-order valence-electron chi connectivity index (χ3n) is 7.40. The Hall–Kier alpha value is -3.35. The Balaban J connectivity index is 1.17. The van der Waals surface area contributed by atoms with Crippen LogP contribution in [-0.2, 0) is 7.05 Å². The monoisotopic (exact) mass is 485 g/mol. The molecule has 3 aromatic carbocycles. The summed E-state index contributed by atoms with van der Waals surface area (Å²) in [6, 6.07) is 23.0. The van der Waals surface area contributed by atoms with Crippen LogP contribution in [0, 0.1) is 0 Å². The van der Waals surface area contributed by atoms with E-state index in [0.717, 1.165) is 36.8 Å². The summed E-state index contributed by atoms with van der Waals surface area (Å²) in [6.45, 7) is 2.76. The van der Waals surface area contributed by atoms with E-state index in [9.17, 15) is 9.90 Å². The van der Waals surface area contributed by atoms with Gasteiger partial charge in [-0.25, -0.2) is 0 Å². The molecule has 1 aliphatic heterocycles. The molecule has 188 valence electrons. The SMILES string of the molecule is CN(C)C(=O)c1cc2c(OCC(O)CN3CCC(c4ccc5ccccc5c4)CC3)cccc2n1C. The van der Waals surface area contributed by atoms with Crippen molar-refractivity contribution in [3.63, 3.8) is 0 Å². The summed E-state index contributed by atoms with van der Waals surface area (Å²) in [5.74, 6) is 1.20. The molecule has 0 saturated carbocycles. The van der Waals surface area contributed by atoms with Crippen LogP contribution in [0.4, 0.5) is 0 Å². The van der Waals surface area contributed by atoms with E-state index >= 15 is 0 Å². The zero-order valence-corrected chi connectivity index (χ0v) is 21.4. The maximum absolute atomic E-state index is 12.5. The molecule has 1 aliphatic rings. The van der Waals surface area contributed by atoms with Gasteiger partial charge in [0.1, 0.15) is 24.2 Å². The first kappa shape index (κ1) is 24.3. The van der Waals surface area contributed by atoms with Gasteiger partial charge in [0, 0.05) is 33.1 Å². The Morgan fingerprint density at radius 2 is 1.78 bits per heavy atom. The molecule has 1 unspecified atom stereocenters. The molecule has 0 aliphatic carbocycles. The predicted molar refractivity (Wildman–Crippen MR) is 145 cm³/mol. The number of hydrogen-bond acceptors (Lipinski definition) is 4. The molecule has 2 heterocycles. The maximum atomic E-state index is 12.5. The standard InChI is InChI=1S/C30H35N3O3/c1-31(2)30(35)28-18-26-27(32(28)3)9-6-10-29(26)36-20-25(34)19-33-15-13-22(14-16-33)24-12-11-21-7-4-5-8-23(21)17-24/h4-12,17-18,22,25,34H,13-16,19-20H2,1-3H3. The van der Waals surface area contributed by atoms with E-state index in [2.05, 4.69) is 47.4 Å². The second kappa shape index (κ2) is 10.3. The van der Waals surface area contributed by atoms with Crippen molar-refractivity contribution in [1.29, 1.82) is 0 Å². The van der Waals surface area contributed by atoms with Crippen LogP contribution in [0.2, 0.25) is 0 Å². The molecule has 1 fully saturated rings. The fraction of sp³-hybridized carbons (Fsp3) is 0.367. The van der Waals surface area contributed by atoms with Crippen LogP contribution >= 0.6 is 0 Å². The molecule has 0 bridgehead atoms. The average molecular weight is 486 g/mol. The molecule has 4 aromatic rings. The van der Waals surface area contributed by atoms with Gasteiger partial charge in [-0.1, -0.05) is 48.5 Å². The number of β-amino-alcohol motifs (C(OH)–C–C–N with tert-alkyl or cyclic N) is 1. The summed E-state index contributed by atoms with van der Waals surface area (Å²) < 4.78 is 7.94. The maximum Gasteiger partial charge on any atom is 0.269 e. The lowest BCUT2D eigenvalue weighted by Crippen LogP contribution is -2.40. The fourth-order valence-corrected chi connectivity index (χ4v) is 5.34. The van der Waals surface area contributed by atoms with Gasteiger partial charge < -0.3 is 24.2 Å². The van der Waals surface area contributed by atoms with Gasteiger partial charge >= 0.3 is 0 Å². The van der Waals surface area contributed by atoms with E-state index in [1.165, 1.54) is 16.3 Å². The van der Waals surface area contributed by atoms with E-state index in [1.807, 2.05) is 35.9 Å². The topological polar surface area (TPSA) is 57.9 Å². The van der Waals surface area contributed by atoms with Crippen molar-refractivity contribution in [3.8, 4) is 5.75 Å². The first-order valence-electron chi connectivity index (χ1n) is 12.7. The molecule has 1 amide bonds. The number of hydrogen-bond donors (Lipinski definition) is 1. The van der Waals surface area contributed by atoms with Crippen molar-refractivity contribution in [2.24, 2.45) is 7.05 Å². The second-order valence-electron chi connectivity index (χ2n) is 10.1. The van der Waals surface area contributed by atoms with Crippen LogP contribution in [0.25, 0.3) is 21.7 Å². The number of piperidine rings is 1. The minimum absolute atomic E-state index is 0.0493. The number of aromatic nitrogens is 1. The predicted octanol–water partition coefficient (Wildman–Crippen LogP) is 4.65. The average Bonchev–Trinajstić information content (AvgIpc) is 3.24. The van der Waals surface area contributed by atoms with Gasteiger partial charge in [-0.05, 0) is 66.4 Å². The summed E-state index contributed by atoms with van der Waals surface area (Å²) in [6.07, 6.45) is 1.61. The molecule has 1 N–H and O–H groups in total. The van der Waals surface area contributed by atoms with Crippen LogP contribution in [0.15, 0.2) is 66.7 Å². The van der Waals surface area contributed by atoms with E-state index in [1.54, 1.807) is 19.0 Å². The molecule has 1 aromatic heterocycles. The van der Waals surface area contributed by atoms with Gasteiger partial charge in [0.25, 0.3) is 5.91 Å². The number of ether oxygens (including phenoxy) is 1. The number of rotatable bonds is 7. The Labute approximate surface area is 212 Å². The molecule has 0 radical (unpaired) electrons. The number of fused-ring (bicyclic) bond motifs is 2. The zero-order chi connectivity index (χ0) is 25.2. The van der Waals surface area contributed by atoms with Crippen LogP contribution < -0.4 is 4.74 Å². The minimum atomic E-state index is -0.580. The highest BCUT2D eigenvalue weighted by molar-refractivity contribution is 6.00. The molecule has 6 heteroatoms. The minimum Gasteiger partial charge on any atom is -0.490 e. The van der Waals surface area contributed by atoms with Gasteiger partial charge in [0.15, 0.2) is 0 Å². The van der Waals surface area contributed by atoms with Crippen molar-refractivity contribution >= 4 is 27.6 Å². The molecule has 1 saturated heterocycles. The van der Waals surface area contributed by atoms with Gasteiger partial charge in [-0.3, -0.25) is 4.79 Å². The largest absolute Gasteiger partial charge is 0.490 e. The van der Waals surface area contributed by atoms with Crippen LogP contribution in [-0.4, -0.2) is 71.8 Å². The number of carbonyl (C=O) groups is 1. The lowest BCUT2D eigenvalue weighted by molar-refractivity contribution is 0.0599. The Bertz CT molecular complexity index is 1370. The lowest BCUT2D eigenvalue weighted by Gasteiger charge is -2.33. The highest BCUT2D eigenvalue weighted by atomic mass is 16.5. The fourth-order valence-electron chi connectivity index (χ4n) is 5.34. The van der Waals surface area contributed by atoms with Crippen LogP contribution in [0.3, 0.4) is 0 Å². The number of benzene rings is 3. The van der Waals surface area contributed by atoms with Crippen molar-refractivity contribution in [2.75, 3.05) is 40.3 Å². The first-order chi connectivity index (χ1) is 17.4. The Morgan fingerprint density at radius 3 is 2.53 bits per heavy atom. The van der Waals surface area contributed by atoms with Gasteiger partial charge in [-0.15, -0.1) is 0 Å². The summed E-state index contributed by atoms with van der Waals surface area (Å²) in [5.41, 5.74) is 2.96. The normalized spacial score (nSPS) is 15.9. The third kappa shape index (κ3) is 4.97. The molecule has 6 nitrogen and oxygen atoms in total. The number of nitrogens with zero attached hydrogens (tertiary/aromatic N) is 3. The summed E-state index contributed by atoms with van der Waals surface area (Å²) in [7, 11) is 5.38. The molecule has 0 spiro atoms. The number of carbonyl (C=O) groups excluding carboxylic acids is 1. The number of aliphatic hydroxyl groups excluding tert-OH is 1. The van der Waals surface area contributed by atoms with Crippen molar-refractivity contribution in [2.45, 2.75) is 24.9 Å². The molecule has 1 atom stereocenters. The summed E-state index contributed by atoms with van der Waals surface area (Å²) in [5, 5.41) is 14.2. The Kier molecular flexibility index (Phi) is 6.99. The van der Waals surface area contributed by atoms with E-state index in [0.29, 0.717) is 23.9 Å². The van der Waals surface area contributed by atoms with Crippen molar-refractivity contribution < 1.29 is 14.6 Å². The van der Waals surface area contributed by atoms with Gasteiger partial charge in [0.2, 0.25) is 0 Å². The van der Waals surface area contributed by atoms with Gasteiger partial charge in [-0.2, -0.15) is 0 Å². The highest BCUT2D eigenvalue weighted by Gasteiger charge is 2.23. The van der Waals surface area contributed by atoms with E-state index in [-0.39, 0.29) is 12.5 Å². The number of aliphatic hydroxyl groups is 1. The quantitative estimate of drug-likeness (QED) is 0.414. The summed E-state index contributed by atoms with van der Waals surface area (Å²) >= 11 is 0. The zero-order valence-electron chi connectivity index (χ0n) is 21.4. The smallest absolute Gasteiger partial charge is 0.269 e. The van der Waals surface area contributed by atoms with E-state index < -0.39 is 6.10 Å².